The number of sulfone groups is 1. The molecule has 3 N–H and O–H groups in total. The number of hydrogen-bond donors (Lipinski definition) is 3. The van der Waals surface area contributed by atoms with Crippen molar-refractivity contribution in [2.75, 3.05) is 25.1 Å². The molecule has 2 atom stereocenters. The van der Waals surface area contributed by atoms with Crippen LogP contribution in [0.2, 0.25) is 0 Å². The summed E-state index contributed by atoms with van der Waals surface area (Å²) in [5, 5.41) is 9.24. The second-order valence-electron chi connectivity index (χ2n) is 6.99. The number of nitrogens with zero attached hydrogens (tertiary/aromatic N) is 1. The summed E-state index contributed by atoms with van der Waals surface area (Å²) in [6.07, 6.45) is 2.74. The van der Waals surface area contributed by atoms with E-state index in [1.807, 2.05) is 18.2 Å². The van der Waals surface area contributed by atoms with Crippen molar-refractivity contribution in [2.24, 2.45) is 4.99 Å². The number of aliphatic imine (C=N–C) groups is 1. The maximum Gasteiger partial charge on any atom is 0.222 e. The lowest BCUT2D eigenvalue weighted by Gasteiger charge is -2.18. The standard InChI is InChI=1S/C19H30N4O3S.HI/c1-15(8-9-16-6-4-3-5-7-16)22-19(20-2)21-12-10-18(24)23-17-11-13-27(25,26)14-17;/h3-7,15,17H,8-14H2,1-2H3,(H,23,24)(H2,20,21,22);1H. The van der Waals surface area contributed by atoms with E-state index in [2.05, 4.69) is 40.0 Å². The van der Waals surface area contributed by atoms with E-state index in [-0.39, 0.29) is 59.9 Å². The molecular weight excluding hydrogens is 491 g/mol. The Morgan fingerprint density at radius 1 is 1.29 bits per heavy atom. The SMILES string of the molecule is CN=C(NCCC(=O)NC1CCS(=O)(=O)C1)NC(C)CCc1ccccc1.I. The average Bonchev–Trinajstić information content (AvgIpc) is 2.98. The molecule has 7 nitrogen and oxygen atoms in total. The molecule has 1 aromatic carbocycles. The number of hydrogen-bond acceptors (Lipinski definition) is 4. The van der Waals surface area contributed by atoms with Crippen LogP contribution in [0.15, 0.2) is 35.3 Å². The number of nitrogens with one attached hydrogen (secondary N) is 3. The van der Waals surface area contributed by atoms with Gasteiger partial charge in [0.05, 0.1) is 11.5 Å². The predicted molar refractivity (Wildman–Crippen MR) is 124 cm³/mol. The van der Waals surface area contributed by atoms with Crippen LogP contribution >= 0.6 is 24.0 Å². The fourth-order valence-electron chi connectivity index (χ4n) is 3.03. The first-order valence-electron chi connectivity index (χ1n) is 9.39. The Balaban J connectivity index is 0.00000392. The number of amides is 1. The molecule has 2 unspecified atom stereocenters. The highest BCUT2D eigenvalue weighted by atomic mass is 127. The Morgan fingerprint density at radius 3 is 2.61 bits per heavy atom. The summed E-state index contributed by atoms with van der Waals surface area (Å²) < 4.78 is 22.8. The highest BCUT2D eigenvalue weighted by Crippen LogP contribution is 2.11. The molecule has 1 aliphatic heterocycles. The fourth-order valence-corrected chi connectivity index (χ4v) is 4.70. The van der Waals surface area contributed by atoms with Crippen molar-refractivity contribution in [1.82, 2.24) is 16.0 Å². The van der Waals surface area contributed by atoms with Crippen molar-refractivity contribution in [3.05, 3.63) is 35.9 Å². The zero-order valence-corrected chi connectivity index (χ0v) is 19.6. The van der Waals surface area contributed by atoms with Gasteiger partial charge in [-0.3, -0.25) is 9.79 Å². The van der Waals surface area contributed by atoms with Crippen molar-refractivity contribution in [3.63, 3.8) is 0 Å². The second-order valence-corrected chi connectivity index (χ2v) is 9.21. The highest BCUT2D eigenvalue weighted by molar-refractivity contribution is 14.0. The number of carbonyl (C=O) groups is 1. The first-order chi connectivity index (χ1) is 12.9. The minimum absolute atomic E-state index is 0. The predicted octanol–water partition coefficient (Wildman–Crippen LogP) is 1.48. The largest absolute Gasteiger partial charge is 0.356 e. The molecular formula is C19H31IN4O3S. The molecule has 1 saturated heterocycles. The van der Waals surface area contributed by atoms with E-state index in [4.69, 9.17) is 0 Å². The normalized spacial score (nSPS) is 19.4. The Hall–Kier alpha value is -1.36. The van der Waals surface area contributed by atoms with Gasteiger partial charge in [-0.25, -0.2) is 8.42 Å². The maximum absolute atomic E-state index is 12.0. The molecule has 0 saturated carbocycles. The Bertz CT molecular complexity index is 741. The molecule has 0 spiro atoms. The highest BCUT2D eigenvalue weighted by Gasteiger charge is 2.28. The van der Waals surface area contributed by atoms with Crippen LogP contribution in [-0.2, 0) is 21.1 Å². The summed E-state index contributed by atoms with van der Waals surface area (Å²) in [7, 11) is -1.28. The third-order valence-corrected chi connectivity index (χ3v) is 6.33. The van der Waals surface area contributed by atoms with E-state index >= 15 is 0 Å². The van der Waals surface area contributed by atoms with Crippen LogP contribution in [0.4, 0.5) is 0 Å². The number of carbonyl (C=O) groups excluding carboxylic acids is 1. The van der Waals surface area contributed by atoms with Gasteiger partial charge in [0.1, 0.15) is 0 Å². The molecule has 1 fully saturated rings. The van der Waals surface area contributed by atoms with Crippen LogP contribution in [0.5, 0.6) is 0 Å². The molecule has 1 amide bonds. The molecule has 1 aromatic rings. The van der Waals surface area contributed by atoms with Gasteiger partial charge in [-0.1, -0.05) is 30.3 Å². The van der Waals surface area contributed by atoms with Gasteiger partial charge in [0.15, 0.2) is 15.8 Å². The summed E-state index contributed by atoms with van der Waals surface area (Å²) in [6.45, 7) is 2.54. The number of halogens is 1. The molecule has 1 aliphatic rings. The zero-order chi connectivity index (χ0) is 19.7. The number of benzene rings is 1. The van der Waals surface area contributed by atoms with E-state index in [1.165, 1.54) is 5.56 Å². The molecule has 1 heterocycles. The fraction of sp³-hybridized carbons (Fsp3) is 0.579. The molecule has 158 valence electrons. The minimum Gasteiger partial charge on any atom is -0.356 e. The van der Waals surface area contributed by atoms with E-state index in [9.17, 15) is 13.2 Å². The Kier molecular flexibility index (Phi) is 10.8. The lowest BCUT2D eigenvalue weighted by Crippen LogP contribution is -2.44. The molecule has 0 bridgehead atoms. The summed E-state index contributed by atoms with van der Waals surface area (Å²) in [5.41, 5.74) is 1.31. The molecule has 2 rings (SSSR count). The lowest BCUT2D eigenvalue weighted by molar-refractivity contribution is -0.121. The Labute approximate surface area is 185 Å². The zero-order valence-electron chi connectivity index (χ0n) is 16.5. The van der Waals surface area contributed by atoms with Crippen molar-refractivity contribution >= 4 is 45.7 Å². The van der Waals surface area contributed by atoms with Gasteiger partial charge in [-0.05, 0) is 31.7 Å². The number of rotatable bonds is 8. The van der Waals surface area contributed by atoms with Crippen molar-refractivity contribution < 1.29 is 13.2 Å². The van der Waals surface area contributed by atoms with Gasteiger partial charge in [-0.15, -0.1) is 24.0 Å². The number of aryl methyl sites for hydroxylation is 1. The summed E-state index contributed by atoms with van der Waals surface area (Å²) in [5.74, 6) is 0.728. The monoisotopic (exact) mass is 522 g/mol. The second kappa shape index (κ2) is 12.3. The molecule has 0 aromatic heterocycles. The van der Waals surface area contributed by atoms with Gasteiger partial charge in [0.25, 0.3) is 0 Å². The van der Waals surface area contributed by atoms with E-state index in [0.29, 0.717) is 18.9 Å². The quantitative estimate of drug-likeness (QED) is 0.273. The molecule has 0 aliphatic carbocycles. The van der Waals surface area contributed by atoms with E-state index in [0.717, 1.165) is 12.8 Å². The van der Waals surface area contributed by atoms with Crippen LogP contribution < -0.4 is 16.0 Å². The van der Waals surface area contributed by atoms with Crippen LogP contribution in [0.3, 0.4) is 0 Å². The van der Waals surface area contributed by atoms with Crippen LogP contribution in [0, 0.1) is 0 Å². The van der Waals surface area contributed by atoms with Crippen molar-refractivity contribution in [1.29, 1.82) is 0 Å². The van der Waals surface area contributed by atoms with Gasteiger partial charge in [0, 0.05) is 32.1 Å². The Morgan fingerprint density at radius 2 is 2.00 bits per heavy atom. The molecule has 28 heavy (non-hydrogen) atoms. The smallest absolute Gasteiger partial charge is 0.222 e. The molecule has 0 radical (unpaired) electrons. The third kappa shape index (κ3) is 9.22. The third-order valence-electron chi connectivity index (χ3n) is 4.56. The first-order valence-corrected chi connectivity index (χ1v) is 11.2. The summed E-state index contributed by atoms with van der Waals surface area (Å²) >= 11 is 0. The minimum atomic E-state index is -2.98. The van der Waals surface area contributed by atoms with Gasteiger partial charge >= 0.3 is 0 Å². The topological polar surface area (TPSA) is 99.7 Å². The van der Waals surface area contributed by atoms with Crippen molar-refractivity contribution in [3.8, 4) is 0 Å². The van der Waals surface area contributed by atoms with Crippen molar-refractivity contribution in [2.45, 2.75) is 44.7 Å². The van der Waals surface area contributed by atoms with Gasteiger partial charge in [-0.2, -0.15) is 0 Å². The van der Waals surface area contributed by atoms with E-state index < -0.39 is 9.84 Å². The average molecular weight is 522 g/mol. The van der Waals surface area contributed by atoms with Gasteiger partial charge in [0.2, 0.25) is 5.91 Å². The number of guanidine groups is 1. The van der Waals surface area contributed by atoms with Crippen LogP contribution in [0.1, 0.15) is 31.7 Å². The van der Waals surface area contributed by atoms with Gasteiger partial charge < -0.3 is 16.0 Å². The van der Waals surface area contributed by atoms with Crippen LogP contribution in [-0.4, -0.2) is 57.5 Å². The van der Waals surface area contributed by atoms with Crippen LogP contribution in [0.25, 0.3) is 0 Å². The molecule has 9 heteroatoms. The lowest BCUT2D eigenvalue weighted by atomic mass is 10.1. The maximum atomic E-state index is 12.0. The summed E-state index contributed by atoms with van der Waals surface area (Å²) in [6, 6.07) is 10.3. The first kappa shape index (κ1) is 24.7. The summed E-state index contributed by atoms with van der Waals surface area (Å²) in [4.78, 5) is 16.1. The van der Waals surface area contributed by atoms with E-state index in [1.54, 1.807) is 7.05 Å².